The van der Waals surface area contributed by atoms with Gasteiger partial charge in [0.25, 0.3) is 11.5 Å². The van der Waals surface area contributed by atoms with E-state index >= 15 is 0 Å². The molecule has 9 nitrogen and oxygen atoms in total. The number of thioether (sulfide) groups is 1. The average Bonchev–Trinajstić information content (AvgIpc) is 3.10. The van der Waals surface area contributed by atoms with Crippen LogP contribution in [0.1, 0.15) is 42.9 Å². The van der Waals surface area contributed by atoms with Crippen molar-refractivity contribution in [3.8, 4) is 6.07 Å². The van der Waals surface area contributed by atoms with Crippen LogP contribution >= 0.6 is 24.0 Å². The SMILES string of the molecule is CCOC(=O)C1CCCN(c2c(/C=C3\SC(=S)N(CCCOC)C3=O)c(C)c(C#N)c(=O)n2C)C1. The van der Waals surface area contributed by atoms with Crippen LogP contribution in [-0.4, -0.2) is 65.6 Å². The summed E-state index contributed by atoms with van der Waals surface area (Å²) in [5.41, 5.74) is 0.707. The van der Waals surface area contributed by atoms with Crippen molar-refractivity contribution in [2.24, 2.45) is 13.0 Å². The number of esters is 1. The fourth-order valence-electron chi connectivity index (χ4n) is 4.41. The number of carbonyl (C=O) groups is 2. The molecule has 1 unspecified atom stereocenters. The van der Waals surface area contributed by atoms with Gasteiger partial charge in [0, 0.05) is 46.0 Å². The summed E-state index contributed by atoms with van der Waals surface area (Å²) in [4.78, 5) is 42.5. The number of hydrogen-bond donors (Lipinski definition) is 0. The Morgan fingerprint density at radius 1 is 1.37 bits per heavy atom. The zero-order valence-electron chi connectivity index (χ0n) is 20.5. The van der Waals surface area contributed by atoms with E-state index in [1.165, 1.54) is 16.3 Å². The third-order valence-corrected chi connectivity index (χ3v) is 7.57. The molecule has 0 bridgehead atoms. The van der Waals surface area contributed by atoms with E-state index < -0.39 is 5.56 Å². The lowest BCUT2D eigenvalue weighted by Gasteiger charge is -2.35. The predicted molar refractivity (Wildman–Crippen MR) is 139 cm³/mol. The van der Waals surface area contributed by atoms with Crippen LogP contribution in [0.4, 0.5) is 5.82 Å². The first-order valence-electron chi connectivity index (χ1n) is 11.5. The zero-order chi connectivity index (χ0) is 25.7. The number of aromatic nitrogens is 1. The molecule has 0 radical (unpaired) electrons. The maximum Gasteiger partial charge on any atom is 0.310 e. The first-order chi connectivity index (χ1) is 16.7. The van der Waals surface area contributed by atoms with Gasteiger partial charge in [-0.3, -0.25) is 23.9 Å². The van der Waals surface area contributed by atoms with Crippen LogP contribution in [0.5, 0.6) is 0 Å². The molecule has 2 aliphatic heterocycles. The van der Waals surface area contributed by atoms with Crippen molar-refractivity contribution in [1.29, 1.82) is 5.26 Å². The number of amides is 1. The van der Waals surface area contributed by atoms with E-state index in [0.717, 1.165) is 6.42 Å². The molecule has 3 rings (SSSR count). The van der Waals surface area contributed by atoms with Gasteiger partial charge in [-0.1, -0.05) is 24.0 Å². The molecule has 1 amide bonds. The molecule has 0 saturated carbocycles. The lowest BCUT2D eigenvalue weighted by atomic mass is 9.96. The van der Waals surface area contributed by atoms with Crippen LogP contribution in [-0.2, 0) is 26.1 Å². The van der Waals surface area contributed by atoms with Gasteiger partial charge in [-0.25, -0.2) is 0 Å². The fraction of sp³-hybridized carbons (Fsp3) is 0.542. The molecule has 0 spiro atoms. The average molecular weight is 519 g/mol. The summed E-state index contributed by atoms with van der Waals surface area (Å²) >= 11 is 6.63. The Morgan fingerprint density at radius 3 is 2.77 bits per heavy atom. The molecule has 188 valence electrons. The molecule has 1 atom stereocenters. The number of anilines is 1. The normalized spacial score (nSPS) is 19.4. The van der Waals surface area contributed by atoms with E-state index in [1.54, 1.807) is 39.0 Å². The van der Waals surface area contributed by atoms with E-state index in [9.17, 15) is 19.6 Å². The summed E-state index contributed by atoms with van der Waals surface area (Å²) in [6, 6.07) is 2.01. The lowest BCUT2D eigenvalue weighted by Crippen LogP contribution is -2.42. The summed E-state index contributed by atoms with van der Waals surface area (Å²) in [7, 11) is 3.22. The molecule has 0 N–H and O–H groups in total. The van der Waals surface area contributed by atoms with Crippen molar-refractivity contribution in [2.75, 3.05) is 44.9 Å². The molecule has 11 heteroatoms. The summed E-state index contributed by atoms with van der Waals surface area (Å²) in [5.74, 6) is -0.213. The number of rotatable bonds is 8. The Hall–Kier alpha value is -2.68. The maximum atomic E-state index is 13.1. The van der Waals surface area contributed by atoms with Crippen molar-refractivity contribution < 1.29 is 19.1 Å². The van der Waals surface area contributed by atoms with E-state index in [2.05, 4.69) is 0 Å². The minimum absolute atomic E-state index is 0.0250. The van der Waals surface area contributed by atoms with Crippen molar-refractivity contribution in [1.82, 2.24) is 9.47 Å². The van der Waals surface area contributed by atoms with Crippen LogP contribution in [0.2, 0.25) is 0 Å². The second-order valence-electron chi connectivity index (χ2n) is 8.43. The molecular formula is C24H30N4O5S2. The summed E-state index contributed by atoms with van der Waals surface area (Å²) < 4.78 is 12.2. The molecule has 0 aliphatic carbocycles. The highest BCUT2D eigenvalue weighted by Gasteiger charge is 2.34. The molecule has 2 fully saturated rings. The molecular weight excluding hydrogens is 488 g/mol. The van der Waals surface area contributed by atoms with Crippen molar-refractivity contribution in [3.05, 3.63) is 31.9 Å². The number of methoxy groups -OCH3 is 1. The van der Waals surface area contributed by atoms with Crippen LogP contribution in [0.3, 0.4) is 0 Å². The van der Waals surface area contributed by atoms with Gasteiger partial charge in [-0.15, -0.1) is 0 Å². The largest absolute Gasteiger partial charge is 0.466 e. The highest BCUT2D eigenvalue weighted by Crippen LogP contribution is 2.36. The highest BCUT2D eigenvalue weighted by atomic mass is 32.2. The van der Waals surface area contributed by atoms with Crippen LogP contribution < -0.4 is 10.5 Å². The standard InChI is InChI=1S/C24H30N4O5S2/c1-5-33-23(31)16-8-6-9-27(14-16)20-17(15(2)18(13-25)21(29)26(20)3)12-19-22(30)28(24(34)35-19)10-7-11-32-4/h12,16H,5-11,14H2,1-4H3/b19-12-. The topological polar surface area (TPSA) is 105 Å². The number of carbonyl (C=O) groups excluding carboxylic acids is 2. The third kappa shape index (κ3) is 5.60. The molecule has 2 aliphatic rings. The highest BCUT2D eigenvalue weighted by molar-refractivity contribution is 8.26. The maximum absolute atomic E-state index is 13.1. The first-order valence-corrected chi connectivity index (χ1v) is 12.8. The van der Waals surface area contributed by atoms with Gasteiger partial charge in [-0.2, -0.15) is 5.26 Å². The monoisotopic (exact) mass is 518 g/mol. The van der Waals surface area contributed by atoms with E-state index in [4.69, 9.17) is 21.7 Å². The molecule has 35 heavy (non-hydrogen) atoms. The lowest BCUT2D eigenvalue weighted by molar-refractivity contribution is -0.148. The van der Waals surface area contributed by atoms with Crippen molar-refractivity contribution >= 4 is 52.1 Å². The molecule has 1 aromatic heterocycles. The third-order valence-electron chi connectivity index (χ3n) is 6.19. The summed E-state index contributed by atoms with van der Waals surface area (Å²) in [6.45, 7) is 5.77. The van der Waals surface area contributed by atoms with Gasteiger partial charge in [-0.05, 0) is 44.7 Å². The Labute approximate surface area is 214 Å². The Kier molecular flexibility index (Phi) is 9.10. The molecule has 0 aromatic carbocycles. The fourth-order valence-corrected chi connectivity index (χ4v) is 5.70. The van der Waals surface area contributed by atoms with Gasteiger partial charge in [0.1, 0.15) is 21.8 Å². The van der Waals surface area contributed by atoms with Gasteiger partial charge >= 0.3 is 5.97 Å². The smallest absolute Gasteiger partial charge is 0.310 e. The van der Waals surface area contributed by atoms with E-state index in [1.807, 2.05) is 11.0 Å². The summed E-state index contributed by atoms with van der Waals surface area (Å²) in [6.07, 6.45) is 3.82. The van der Waals surface area contributed by atoms with Gasteiger partial charge < -0.3 is 14.4 Å². The van der Waals surface area contributed by atoms with Crippen LogP contribution in [0.25, 0.3) is 6.08 Å². The number of ether oxygens (including phenoxy) is 2. The minimum atomic E-state index is -0.414. The number of hydrogen-bond acceptors (Lipinski definition) is 9. The van der Waals surface area contributed by atoms with Gasteiger partial charge in [0.15, 0.2) is 0 Å². The molecule has 1 aromatic rings. The second kappa shape index (κ2) is 11.8. The van der Waals surface area contributed by atoms with Gasteiger partial charge in [0.2, 0.25) is 0 Å². The van der Waals surface area contributed by atoms with E-state index in [0.29, 0.717) is 71.9 Å². The number of nitrogens with zero attached hydrogens (tertiary/aromatic N) is 4. The number of nitriles is 1. The molecule has 3 heterocycles. The van der Waals surface area contributed by atoms with Crippen LogP contribution in [0.15, 0.2) is 9.70 Å². The number of thiocarbonyl (C=S) groups is 1. The number of pyridine rings is 1. The zero-order valence-corrected chi connectivity index (χ0v) is 22.1. The van der Waals surface area contributed by atoms with Gasteiger partial charge in [0.05, 0.1) is 17.4 Å². The summed E-state index contributed by atoms with van der Waals surface area (Å²) in [5, 5.41) is 9.67. The Balaban J connectivity index is 2.06. The quantitative estimate of drug-likeness (QED) is 0.222. The Bertz CT molecular complexity index is 1150. The first kappa shape index (κ1) is 26.9. The number of piperidine rings is 1. The minimum Gasteiger partial charge on any atom is -0.466 e. The Morgan fingerprint density at radius 2 is 2.11 bits per heavy atom. The molecule has 2 saturated heterocycles. The van der Waals surface area contributed by atoms with Crippen molar-refractivity contribution in [3.63, 3.8) is 0 Å². The van der Waals surface area contributed by atoms with E-state index in [-0.39, 0.29) is 23.4 Å². The second-order valence-corrected chi connectivity index (χ2v) is 10.1. The predicted octanol–water partition coefficient (Wildman–Crippen LogP) is 2.58. The van der Waals surface area contributed by atoms with Crippen molar-refractivity contribution in [2.45, 2.75) is 33.1 Å². The van der Waals surface area contributed by atoms with Crippen LogP contribution in [0, 0.1) is 24.2 Å².